The third-order valence-electron chi connectivity index (χ3n) is 15.5. The molecule has 0 radical (unpaired) electrons. The maximum absolute atomic E-state index is 15.8. The second-order valence-electron chi connectivity index (χ2n) is 21.9. The Kier molecular flexibility index (Phi) is 12.4. The van der Waals surface area contributed by atoms with E-state index in [1.54, 1.807) is 38.6 Å². The molecule has 5 N–H and O–H groups in total. The number of nitrogens with one attached hydrogen (secondary N) is 2. The number of anilines is 1. The molecule has 2 aromatic rings. The van der Waals surface area contributed by atoms with Crippen molar-refractivity contribution in [2.45, 2.75) is 170 Å². The molecule has 2 aromatic carbocycles. The van der Waals surface area contributed by atoms with Gasteiger partial charge in [0, 0.05) is 51.7 Å². The number of aliphatic hydroxyl groups excluding tert-OH is 3. The van der Waals surface area contributed by atoms with Crippen LogP contribution in [0.15, 0.2) is 75.8 Å². The lowest BCUT2D eigenvalue weighted by atomic mass is 9.49. The Labute approximate surface area is 414 Å². The summed E-state index contributed by atoms with van der Waals surface area (Å²) in [4.78, 5) is 30.1. The van der Waals surface area contributed by atoms with E-state index in [1.165, 1.54) is 5.57 Å². The monoisotopic (exact) mass is 980 g/mol. The van der Waals surface area contributed by atoms with E-state index in [-0.39, 0.29) is 43.8 Å². The van der Waals surface area contributed by atoms with E-state index < -0.39 is 70.1 Å². The second-order valence-corrected chi connectivity index (χ2v) is 23.1. The number of para-hydroxylation sites is 1. The molecule has 1 spiro atoms. The van der Waals surface area contributed by atoms with Gasteiger partial charge in [0.1, 0.15) is 47.3 Å². The lowest BCUT2D eigenvalue weighted by Crippen LogP contribution is -2.75. The first-order valence-corrected chi connectivity index (χ1v) is 25.7. The Morgan fingerprint density at radius 3 is 2.49 bits per heavy atom. The van der Waals surface area contributed by atoms with Crippen LogP contribution in [-0.2, 0) is 35.0 Å². The third kappa shape index (κ3) is 7.80. The molecule has 9 aliphatic rings. The summed E-state index contributed by atoms with van der Waals surface area (Å²) in [5.74, 6) is -1.01. The van der Waals surface area contributed by atoms with Crippen LogP contribution >= 0.6 is 11.8 Å². The summed E-state index contributed by atoms with van der Waals surface area (Å²) in [6.07, 6.45) is 6.57. The molecule has 6 fully saturated rings. The van der Waals surface area contributed by atoms with Gasteiger partial charge in [0.05, 0.1) is 41.3 Å². The predicted octanol–water partition coefficient (Wildman–Crippen LogP) is 7.72. The van der Waals surface area contributed by atoms with E-state index in [1.807, 2.05) is 52.0 Å². The van der Waals surface area contributed by atoms with Crippen LogP contribution in [0.2, 0.25) is 0 Å². The van der Waals surface area contributed by atoms with Crippen LogP contribution in [0.1, 0.15) is 112 Å². The summed E-state index contributed by atoms with van der Waals surface area (Å²) >= 11 is 1.64. The van der Waals surface area contributed by atoms with Crippen LogP contribution in [0.3, 0.4) is 0 Å². The normalized spacial score (nSPS) is 34.5. The number of thioether (sulfide) groups is 1. The minimum atomic E-state index is -1.59. The Morgan fingerprint density at radius 2 is 1.74 bits per heavy atom. The summed E-state index contributed by atoms with van der Waals surface area (Å²) in [5, 5.41) is 39.5. The number of hydrogen-bond acceptors (Lipinski definition) is 14. The molecule has 3 aliphatic carbocycles. The SMILES string of the molecule is CC(C)=CCCC1(C)C=Cc2c(c(CC=C(C)C)c3c(c2O[C@@H]2O[C@@H]4COC(C)(C)O[C@H]4[C@H](O)[C@H]2O)C2=C4C(Sc5ccccc5N2)C2CC5C(C)(C)OC(C/C=C(/C)C(=O)NCCO)(C2=O)C45O3)O1. The lowest BCUT2D eigenvalue weighted by molar-refractivity contribution is -0.373. The number of benzene rings is 2. The number of fused-ring (bicyclic) bond motifs is 5. The van der Waals surface area contributed by atoms with Crippen molar-refractivity contribution in [2.24, 2.45) is 11.8 Å². The van der Waals surface area contributed by atoms with E-state index in [0.29, 0.717) is 58.9 Å². The van der Waals surface area contributed by atoms with E-state index in [4.69, 9.17) is 33.2 Å². The highest BCUT2D eigenvalue weighted by Crippen LogP contribution is 2.73. The molecule has 11 atom stereocenters. The number of amides is 1. The van der Waals surface area contributed by atoms with Gasteiger partial charge in [0.2, 0.25) is 12.2 Å². The van der Waals surface area contributed by atoms with Crippen molar-refractivity contribution in [3.63, 3.8) is 0 Å². The molecule has 70 heavy (non-hydrogen) atoms. The highest BCUT2D eigenvalue weighted by molar-refractivity contribution is 8.00. The quantitative estimate of drug-likeness (QED) is 0.103. The molecular formula is C55H68N2O12S. The molecule has 3 saturated heterocycles. The number of aliphatic hydroxyl groups is 3. The minimum absolute atomic E-state index is 0.0415. The lowest BCUT2D eigenvalue weighted by Gasteiger charge is -2.61. The van der Waals surface area contributed by atoms with Crippen molar-refractivity contribution in [1.82, 2.24) is 5.32 Å². The number of Topliss-reactive ketones (excluding diaryl/α,β-unsaturated/α-hetero) is 1. The third-order valence-corrected chi connectivity index (χ3v) is 16.9. The van der Waals surface area contributed by atoms with Crippen LogP contribution in [0, 0.1) is 11.8 Å². The molecule has 14 nitrogen and oxygen atoms in total. The smallest absolute Gasteiger partial charge is 0.246 e. The van der Waals surface area contributed by atoms with Gasteiger partial charge in [-0.2, -0.15) is 0 Å². The van der Waals surface area contributed by atoms with Crippen molar-refractivity contribution in [2.75, 3.05) is 25.1 Å². The van der Waals surface area contributed by atoms with E-state index in [2.05, 4.69) is 55.7 Å². The number of ether oxygens (including phenoxy) is 7. The van der Waals surface area contributed by atoms with Gasteiger partial charge < -0.3 is 59.1 Å². The molecule has 11 rings (SSSR count). The van der Waals surface area contributed by atoms with Gasteiger partial charge in [-0.25, -0.2) is 0 Å². The average molecular weight is 981 g/mol. The van der Waals surface area contributed by atoms with Crippen molar-refractivity contribution >= 4 is 40.9 Å². The van der Waals surface area contributed by atoms with Gasteiger partial charge >= 0.3 is 0 Å². The first kappa shape index (κ1) is 49.1. The Bertz CT molecular complexity index is 2660. The first-order valence-electron chi connectivity index (χ1n) is 24.8. The first-order chi connectivity index (χ1) is 33.1. The zero-order valence-electron chi connectivity index (χ0n) is 41.9. The van der Waals surface area contributed by atoms with E-state index >= 15 is 4.79 Å². The molecule has 6 heterocycles. The molecular weight excluding hydrogens is 913 g/mol. The molecule has 6 aliphatic heterocycles. The summed E-state index contributed by atoms with van der Waals surface area (Å²) < 4.78 is 48.4. The van der Waals surface area contributed by atoms with Gasteiger partial charge in [0.15, 0.2) is 22.8 Å². The zero-order chi connectivity index (χ0) is 49.9. The number of rotatable bonds is 12. The largest absolute Gasteiger partial charge is 0.482 e. The fourth-order valence-corrected chi connectivity index (χ4v) is 13.6. The minimum Gasteiger partial charge on any atom is -0.482 e. The van der Waals surface area contributed by atoms with Crippen LogP contribution < -0.4 is 24.8 Å². The number of carbonyl (C=O) groups is 2. The molecule has 3 saturated carbocycles. The Morgan fingerprint density at radius 1 is 0.986 bits per heavy atom. The molecule has 6 unspecified atom stereocenters. The average Bonchev–Trinajstić information content (AvgIpc) is 3.38. The predicted molar refractivity (Wildman–Crippen MR) is 265 cm³/mol. The summed E-state index contributed by atoms with van der Waals surface area (Å²) in [6.45, 7) is 19.6. The van der Waals surface area contributed by atoms with Crippen molar-refractivity contribution < 1.29 is 58.1 Å². The molecule has 0 aromatic heterocycles. The van der Waals surface area contributed by atoms with Crippen LogP contribution in [0.4, 0.5) is 5.69 Å². The van der Waals surface area contributed by atoms with Gasteiger partial charge in [0.25, 0.3) is 0 Å². The molecule has 376 valence electrons. The van der Waals surface area contributed by atoms with E-state index in [0.717, 1.165) is 33.7 Å². The van der Waals surface area contributed by atoms with Gasteiger partial charge in [-0.05, 0) is 119 Å². The van der Waals surface area contributed by atoms with Gasteiger partial charge in [-0.1, -0.05) is 41.5 Å². The highest BCUT2D eigenvalue weighted by Gasteiger charge is 2.83. The van der Waals surface area contributed by atoms with Crippen LogP contribution in [0.5, 0.6) is 17.2 Å². The second kappa shape index (κ2) is 17.6. The molecule has 15 heteroatoms. The topological polar surface area (TPSA) is 183 Å². The summed E-state index contributed by atoms with van der Waals surface area (Å²) in [6, 6.07) is 8.06. The van der Waals surface area contributed by atoms with E-state index in [9.17, 15) is 20.1 Å². The van der Waals surface area contributed by atoms with Gasteiger partial charge in [-0.3, -0.25) is 9.59 Å². The summed E-state index contributed by atoms with van der Waals surface area (Å²) in [5.41, 5.74) is 2.31. The number of allylic oxidation sites excluding steroid dienone is 4. The molecule has 4 bridgehead atoms. The van der Waals surface area contributed by atoms with Crippen molar-refractivity contribution in [1.29, 1.82) is 0 Å². The van der Waals surface area contributed by atoms with Crippen LogP contribution in [0.25, 0.3) is 11.8 Å². The van der Waals surface area contributed by atoms with Gasteiger partial charge in [-0.15, -0.1) is 11.8 Å². The maximum Gasteiger partial charge on any atom is 0.246 e. The maximum atomic E-state index is 15.8. The fourth-order valence-electron chi connectivity index (χ4n) is 12.2. The zero-order valence-corrected chi connectivity index (χ0v) is 42.7. The number of carbonyl (C=O) groups excluding carboxylic acids is 2. The standard InChI is InChI=1S/C55H68N2O12S/c1-28(2)14-13-21-53(10)22-20-32-43(67-53)31(18-17-29(3)4)45-38(44(32)65-50-42(60)41(59)46-35(64-50)27-63-52(8,9)66-46)40-39-47(70-36-16-12-11-15-34(36)57-40)33-26-37-51(6,7)69-54(48(33)61,55(37,39)68-45)23-19-30(5)49(62)56-24-25-58/h11-12,14-17,19-20,22,33,35,37,41-42,46-47,50,57-60H,13,18,21,23-27H2,1-10H3,(H,56,62)/b30-19-/t33?,35-,37?,41-,42-,46-,47?,50+,53?,54?,55?/m1/s1. The number of hydrogen-bond donors (Lipinski definition) is 5. The molecule has 1 amide bonds. The van der Waals surface area contributed by atoms with Crippen molar-refractivity contribution in [3.05, 3.63) is 87.6 Å². The Hall–Kier alpha value is -4.45. The summed E-state index contributed by atoms with van der Waals surface area (Å²) in [7, 11) is 0. The van der Waals surface area contributed by atoms with Crippen molar-refractivity contribution in [3.8, 4) is 17.2 Å². The number of ketones is 1. The van der Waals surface area contributed by atoms with Crippen LogP contribution in [-0.4, -0.2) is 111 Å². The fraction of sp³-hybridized carbons (Fsp3) is 0.564. The highest BCUT2D eigenvalue weighted by atomic mass is 32.2. The Balaban J connectivity index is 1.25.